The summed E-state index contributed by atoms with van der Waals surface area (Å²) in [4.78, 5) is 23.6. The number of methoxy groups -OCH3 is 1. The van der Waals surface area contributed by atoms with Crippen molar-refractivity contribution < 1.29 is 18.7 Å². The molecule has 2 aromatic rings. The lowest BCUT2D eigenvalue weighted by Gasteiger charge is -2.10. The van der Waals surface area contributed by atoms with Crippen LogP contribution in [0, 0.1) is 5.82 Å². The lowest BCUT2D eigenvalue weighted by Crippen LogP contribution is -2.35. The molecule has 2 rings (SSSR count). The van der Waals surface area contributed by atoms with E-state index in [0.717, 1.165) is 6.07 Å². The van der Waals surface area contributed by atoms with Gasteiger partial charge in [-0.25, -0.2) is 4.39 Å². The standard InChI is InChI=1S/C16H14ClFN2O3/c1-23-14-5-3-2-4-10(14)9-19-15(21)16(22)20-13-7-6-11(17)8-12(13)18/h2-8H,9H2,1H3,(H,19,21)(H,20,22). The first-order chi connectivity index (χ1) is 11.0. The second kappa shape index (κ2) is 7.60. The Hall–Kier alpha value is -2.60. The van der Waals surface area contributed by atoms with Crippen LogP contribution in [0.15, 0.2) is 42.5 Å². The highest BCUT2D eigenvalue weighted by atomic mass is 35.5. The van der Waals surface area contributed by atoms with E-state index >= 15 is 0 Å². The van der Waals surface area contributed by atoms with E-state index in [9.17, 15) is 14.0 Å². The molecule has 7 heteroatoms. The first kappa shape index (κ1) is 16.8. The predicted octanol–water partition coefficient (Wildman–Crippen LogP) is 2.74. The Morgan fingerprint density at radius 3 is 2.61 bits per heavy atom. The molecule has 0 aliphatic carbocycles. The average molecular weight is 337 g/mol. The number of ether oxygens (including phenoxy) is 1. The van der Waals surface area contributed by atoms with Gasteiger partial charge in [0.25, 0.3) is 0 Å². The van der Waals surface area contributed by atoms with Crippen molar-refractivity contribution in [2.24, 2.45) is 0 Å². The fourth-order valence-electron chi connectivity index (χ4n) is 1.87. The van der Waals surface area contributed by atoms with Gasteiger partial charge in [-0.05, 0) is 24.3 Å². The van der Waals surface area contributed by atoms with Crippen molar-refractivity contribution in [1.29, 1.82) is 0 Å². The Labute approximate surface area is 137 Å². The SMILES string of the molecule is COc1ccccc1CNC(=O)C(=O)Nc1ccc(Cl)cc1F. The van der Waals surface area contributed by atoms with Crippen LogP contribution in [0.4, 0.5) is 10.1 Å². The monoisotopic (exact) mass is 336 g/mol. The minimum absolute atomic E-state index is 0.110. The minimum atomic E-state index is -0.971. The molecular formula is C16H14ClFN2O3. The Balaban J connectivity index is 1.96. The number of carbonyl (C=O) groups is 2. The van der Waals surface area contributed by atoms with E-state index in [0.29, 0.717) is 11.3 Å². The molecule has 0 aliphatic heterocycles. The van der Waals surface area contributed by atoms with E-state index < -0.39 is 17.6 Å². The Morgan fingerprint density at radius 2 is 1.91 bits per heavy atom. The van der Waals surface area contributed by atoms with Gasteiger partial charge in [-0.1, -0.05) is 29.8 Å². The largest absolute Gasteiger partial charge is 0.496 e. The zero-order valence-corrected chi connectivity index (χ0v) is 13.0. The Kier molecular flexibility index (Phi) is 5.54. The number of anilines is 1. The number of amides is 2. The van der Waals surface area contributed by atoms with Crippen molar-refractivity contribution >= 4 is 29.1 Å². The zero-order valence-electron chi connectivity index (χ0n) is 12.2. The van der Waals surface area contributed by atoms with Crippen LogP contribution in [-0.2, 0) is 16.1 Å². The van der Waals surface area contributed by atoms with E-state index in [1.54, 1.807) is 24.3 Å². The molecule has 0 saturated carbocycles. The van der Waals surface area contributed by atoms with Crippen LogP contribution < -0.4 is 15.4 Å². The molecule has 0 spiro atoms. The summed E-state index contributed by atoms with van der Waals surface area (Å²) in [6.45, 7) is 0.110. The van der Waals surface area contributed by atoms with Crippen LogP contribution in [0.1, 0.15) is 5.56 Å². The Morgan fingerprint density at radius 1 is 1.17 bits per heavy atom. The number of benzene rings is 2. The van der Waals surface area contributed by atoms with E-state index in [-0.39, 0.29) is 17.3 Å². The third-order valence-electron chi connectivity index (χ3n) is 3.02. The quantitative estimate of drug-likeness (QED) is 0.844. The van der Waals surface area contributed by atoms with Gasteiger partial charge < -0.3 is 15.4 Å². The van der Waals surface area contributed by atoms with Gasteiger partial charge in [0.15, 0.2) is 0 Å². The molecule has 0 aromatic heterocycles. The third-order valence-corrected chi connectivity index (χ3v) is 3.25. The molecule has 2 aromatic carbocycles. The van der Waals surface area contributed by atoms with E-state index in [4.69, 9.17) is 16.3 Å². The summed E-state index contributed by atoms with van der Waals surface area (Å²) in [5, 5.41) is 4.83. The van der Waals surface area contributed by atoms with Crippen LogP contribution in [0.3, 0.4) is 0 Å². The summed E-state index contributed by atoms with van der Waals surface area (Å²) >= 11 is 5.62. The predicted molar refractivity (Wildman–Crippen MR) is 84.9 cm³/mol. The molecule has 0 fully saturated rings. The van der Waals surface area contributed by atoms with E-state index in [1.165, 1.54) is 19.2 Å². The molecule has 0 saturated heterocycles. The number of carbonyl (C=O) groups excluding carboxylic acids is 2. The fourth-order valence-corrected chi connectivity index (χ4v) is 2.03. The number of hydrogen-bond donors (Lipinski definition) is 2. The highest BCUT2D eigenvalue weighted by Crippen LogP contribution is 2.19. The van der Waals surface area contributed by atoms with Gasteiger partial charge in [0.05, 0.1) is 12.8 Å². The van der Waals surface area contributed by atoms with Crippen molar-refractivity contribution in [1.82, 2.24) is 5.32 Å². The molecule has 2 N–H and O–H groups in total. The van der Waals surface area contributed by atoms with E-state index in [2.05, 4.69) is 10.6 Å². The van der Waals surface area contributed by atoms with Gasteiger partial charge in [-0.15, -0.1) is 0 Å². The van der Waals surface area contributed by atoms with Crippen LogP contribution in [0.25, 0.3) is 0 Å². The van der Waals surface area contributed by atoms with Crippen LogP contribution in [0.5, 0.6) is 5.75 Å². The molecule has 23 heavy (non-hydrogen) atoms. The number of hydrogen-bond acceptors (Lipinski definition) is 3. The maximum atomic E-state index is 13.6. The molecule has 0 heterocycles. The van der Waals surface area contributed by atoms with Crippen molar-refractivity contribution in [3.63, 3.8) is 0 Å². The summed E-state index contributed by atoms with van der Waals surface area (Å²) < 4.78 is 18.7. The molecule has 0 bridgehead atoms. The fraction of sp³-hybridized carbons (Fsp3) is 0.125. The van der Waals surface area contributed by atoms with E-state index in [1.807, 2.05) is 0 Å². The molecule has 120 valence electrons. The average Bonchev–Trinajstić information content (AvgIpc) is 2.55. The maximum Gasteiger partial charge on any atom is 0.313 e. The molecule has 0 unspecified atom stereocenters. The molecule has 0 atom stereocenters. The van der Waals surface area contributed by atoms with Gasteiger partial charge in [-0.3, -0.25) is 9.59 Å². The van der Waals surface area contributed by atoms with Crippen LogP contribution in [0.2, 0.25) is 5.02 Å². The van der Waals surface area contributed by atoms with Gasteiger partial charge in [0.1, 0.15) is 11.6 Å². The first-order valence-electron chi connectivity index (χ1n) is 6.67. The van der Waals surface area contributed by atoms with Crippen LogP contribution >= 0.6 is 11.6 Å². The van der Waals surface area contributed by atoms with Crippen LogP contribution in [-0.4, -0.2) is 18.9 Å². The van der Waals surface area contributed by atoms with Gasteiger partial charge in [-0.2, -0.15) is 0 Å². The van der Waals surface area contributed by atoms with Crippen molar-refractivity contribution in [2.75, 3.05) is 12.4 Å². The summed E-state index contributed by atoms with van der Waals surface area (Å²) in [7, 11) is 1.51. The molecule has 5 nitrogen and oxygen atoms in total. The van der Waals surface area contributed by atoms with Gasteiger partial charge >= 0.3 is 11.8 Å². The zero-order chi connectivity index (χ0) is 16.8. The summed E-state index contributed by atoms with van der Waals surface area (Å²) in [5.41, 5.74) is 0.598. The summed E-state index contributed by atoms with van der Waals surface area (Å²) in [5.74, 6) is -1.98. The maximum absolute atomic E-state index is 13.6. The molecule has 0 radical (unpaired) electrons. The molecule has 2 amide bonds. The number of para-hydroxylation sites is 1. The van der Waals surface area contributed by atoms with Crippen molar-refractivity contribution in [3.8, 4) is 5.75 Å². The smallest absolute Gasteiger partial charge is 0.313 e. The number of halogens is 2. The summed E-state index contributed by atoms with van der Waals surface area (Å²) in [6, 6.07) is 10.8. The topological polar surface area (TPSA) is 67.4 Å². The highest BCUT2D eigenvalue weighted by Gasteiger charge is 2.16. The summed E-state index contributed by atoms with van der Waals surface area (Å²) in [6.07, 6.45) is 0. The molecular weight excluding hydrogens is 323 g/mol. The van der Waals surface area contributed by atoms with Crippen molar-refractivity contribution in [3.05, 3.63) is 58.9 Å². The lowest BCUT2D eigenvalue weighted by atomic mass is 10.2. The number of rotatable bonds is 4. The lowest BCUT2D eigenvalue weighted by molar-refractivity contribution is -0.136. The van der Waals surface area contributed by atoms with Crippen molar-refractivity contribution in [2.45, 2.75) is 6.54 Å². The number of nitrogens with one attached hydrogen (secondary N) is 2. The third kappa shape index (κ3) is 4.43. The minimum Gasteiger partial charge on any atom is -0.496 e. The molecule has 0 aliphatic rings. The second-order valence-electron chi connectivity index (χ2n) is 4.57. The second-order valence-corrected chi connectivity index (χ2v) is 5.01. The first-order valence-corrected chi connectivity index (χ1v) is 7.05. The highest BCUT2D eigenvalue weighted by molar-refractivity contribution is 6.39. The van der Waals surface area contributed by atoms with Gasteiger partial charge in [0.2, 0.25) is 0 Å². The normalized spacial score (nSPS) is 10.0. The van der Waals surface area contributed by atoms with Gasteiger partial charge in [0, 0.05) is 17.1 Å². The Bertz CT molecular complexity index is 737.